The quantitative estimate of drug-likeness (QED) is 0.786. The lowest BCUT2D eigenvalue weighted by Gasteiger charge is -2.15. The minimum absolute atomic E-state index is 0.0130. The first-order chi connectivity index (χ1) is 6.52. The van der Waals surface area contributed by atoms with Crippen molar-refractivity contribution in [1.29, 1.82) is 0 Å². The molecule has 1 unspecified atom stereocenters. The van der Waals surface area contributed by atoms with Crippen molar-refractivity contribution in [3.63, 3.8) is 0 Å². The van der Waals surface area contributed by atoms with Crippen molar-refractivity contribution in [3.8, 4) is 0 Å². The monoisotopic (exact) mass is 192 g/mol. The molecule has 1 aromatic carbocycles. The summed E-state index contributed by atoms with van der Waals surface area (Å²) in [7, 11) is 3.91. The van der Waals surface area contributed by atoms with Crippen molar-refractivity contribution in [2.45, 2.75) is 13.0 Å². The van der Waals surface area contributed by atoms with Gasteiger partial charge in [0.25, 0.3) is 0 Å². The number of anilines is 1. The Morgan fingerprint density at radius 3 is 2.57 bits per heavy atom. The number of benzene rings is 1. The highest BCUT2D eigenvalue weighted by atomic mass is 16.1. The number of carbonyl (C=O) groups is 1. The van der Waals surface area contributed by atoms with E-state index in [1.807, 2.05) is 43.3 Å². The second-order valence-corrected chi connectivity index (χ2v) is 3.58. The minimum Gasteiger partial charge on any atom is -0.378 e. The molecule has 0 saturated carbocycles. The molecule has 1 rings (SSSR count). The lowest BCUT2D eigenvalue weighted by atomic mass is 10.0. The molecule has 3 heteroatoms. The Balaban J connectivity index is 2.99. The summed E-state index contributed by atoms with van der Waals surface area (Å²) in [6.07, 6.45) is 0. The van der Waals surface area contributed by atoms with Gasteiger partial charge in [-0.15, -0.1) is 0 Å². The van der Waals surface area contributed by atoms with E-state index >= 15 is 0 Å². The largest absolute Gasteiger partial charge is 0.378 e. The van der Waals surface area contributed by atoms with Crippen LogP contribution in [0.5, 0.6) is 0 Å². The second-order valence-electron chi connectivity index (χ2n) is 3.58. The summed E-state index contributed by atoms with van der Waals surface area (Å²) >= 11 is 0. The van der Waals surface area contributed by atoms with E-state index in [1.54, 1.807) is 0 Å². The number of hydrogen-bond acceptors (Lipinski definition) is 3. The molecule has 76 valence electrons. The maximum Gasteiger partial charge on any atom is 0.150 e. The van der Waals surface area contributed by atoms with Crippen LogP contribution in [0.1, 0.15) is 18.5 Å². The van der Waals surface area contributed by atoms with Crippen molar-refractivity contribution in [2.24, 2.45) is 5.73 Å². The first-order valence-electron chi connectivity index (χ1n) is 4.55. The number of hydrogen-bond donors (Lipinski definition) is 1. The van der Waals surface area contributed by atoms with Gasteiger partial charge >= 0.3 is 0 Å². The average Bonchev–Trinajstić information content (AvgIpc) is 2.16. The van der Waals surface area contributed by atoms with Crippen LogP contribution in [0.15, 0.2) is 24.3 Å². The third kappa shape index (κ3) is 2.33. The minimum atomic E-state index is -0.505. The molecule has 0 bridgehead atoms. The van der Waals surface area contributed by atoms with Crippen molar-refractivity contribution < 1.29 is 4.79 Å². The van der Waals surface area contributed by atoms with Crippen molar-refractivity contribution in [1.82, 2.24) is 0 Å². The number of carbonyl (C=O) groups excluding carboxylic acids is 1. The molecule has 0 radical (unpaired) electrons. The number of ketones is 1. The summed E-state index contributed by atoms with van der Waals surface area (Å²) in [5.74, 6) is -0.0130. The van der Waals surface area contributed by atoms with E-state index < -0.39 is 6.04 Å². The molecule has 1 aromatic rings. The van der Waals surface area contributed by atoms with Gasteiger partial charge in [-0.1, -0.05) is 12.1 Å². The molecule has 0 saturated heterocycles. The smallest absolute Gasteiger partial charge is 0.150 e. The first-order valence-corrected chi connectivity index (χ1v) is 4.55. The lowest BCUT2D eigenvalue weighted by Crippen LogP contribution is -2.19. The molecule has 0 aromatic heterocycles. The van der Waals surface area contributed by atoms with E-state index in [0.717, 1.165) is 11.3 Å². The Bertz CT molecular complexity index is 334. The van der Waals surface area contributed by atoms with Gasteiger partial charge in [-0.05, 0) is 24.6 Å². The van der Waals surface area contributed by atoms with Gasteiger partial charge in [0.2, 0.25) is 0 Å². The lowest BCUT2D eigenvalue weighted by molar-refractivity contribution is -0.118. The topological polar surface area (TPSA) is 46.3 Å². The van der Waals surface area contributed by atoms with Gasteiger partial charge in [0.05, 0.1) is 6.04 Å². The van der Waals surface area contributed by atoms with Gasteiger partial charge in [0.15, 0.2) is 5.78 Å². The van der Waals surface area contributed by atoms with Crippen molar-refractivity contribution >= 4 is 11.5 Å². The highest BCUT2D eigenvalue weighted by Gasteiger charge is 2.11. The number of Topliss-reactive ketones (excluding diaryl/α,β-unsaturated/α-hetero) is 1. The van der Waals surface area contributed by atoms with Crippen molar-refractivity contribution in [3.05, 3.63) is 29.8 Å². The Hall–Kier alpha value is -1.35. The molecule has 0 aliphatic carbocycles. The Morgan fingerprint density at radius 1 is 1.43 bits per heavy atom. The predicted molar refractivity (Wildman–Crippen MR) is 58.4 cm³/mol. The number of nitrogens with two attached hydrogens (primary N) is 1. The summed E-state index contributed by atoms with van der Waals surface area (Å²) in [4.78, 5) is 13.1. The molecule has 14 heavy (non-hydrogen) atoms. The number of nitrogens with zero attached hydrogens (tertiary/aromatic N) is 1. The molecule has 0 aliphatic heterocycles. The van der Waals surface area contributed by atoms with Crippen LogP contribution < -0.4 is 10.6 Å². The fourth-order valence-electron chi connectivity index (χ4n) is 1.23. The highest BCUT2D eigenvalue weighted by Crippen LogP contribution is 2.18. The summed E-state index contributed by atoms with van der Waals surface area (Å²) in [6.45, 7) is 1.51. The Labute approximate surface area is 84.5 Å². The highest BCUT2D eigenvalue weighted by molar-refractivity contribution is 5.82. The fourth-order valence-corrected chi connectivity index (χ4v) is 1.23. The van der Waals surface area contributed by atoms with Crippen LogP contribution in [0.3, 0.4) is 0 Å². The molecule has 0 fully saturated rings. The van der Waals surface area contributed by atoms with Crippen LogP contribution in [-0.4, -0.2) is 19.9 Å². The molecule has 0 aliphatic rings. The molecule has 0 amide bonds. The summed E-state index contributed by atoms with van der Waals surface area (Å²) in [5, 5.41) is 0. The Kier molecular flexibility index (Phi) is 3.25. The van der Waals surface area contributed by atoms with Crippen LogP contribution in [-0.2, 0) is 4.79 Å². The van der Waals surface area contributed by atoms with Gasteiger partial charge in [0.1, 0.15) is 0 Å². The zero-order valence-corrected chi connectivity index (χ0v) is 8.82. The summed E-state index contributed by atoms with van der Waals surface area (Å²) in [6, 6.07) is 7.20. The van der Waals surface area contributed by atoms with E-state index in [1.165, 1.54) is 6.92 Å². The molecule has 0 spiro atoms. The molecule has 0 heterocycles. The third-order valence-electron chi connectivity index (χ3n) is 2.18. The second kappa shape index (κ2) is 4.24. The zero-order chi connectivity index (χ0) is 10.7. The molecule has 1 atom stereocenters. The van der Waals surface area contributed by atoms with E-state index in [4.69, 9.17) is 5.73 Å². The van der Waals surface area contributed by atoms with Gasteiger partial charge < -0.3 is 10.6 Å². The molecular weight excluding hydrogens is 176 g/mol. The SMILES string of the molecule is CC(=O)C(N)c1cccc(N(C)C)c1. The van der Waals surface area contributed by atoms with E-state index in [9.17, 15) is 4.79 Å². The van der Waals surface area contributed by atoms with Gasteiger partial charge in [-0.3, -0.25) is 4.79 Å². The van der Waals surface area contributed by atoms with E-state index in [0.29, 0.717) is 0 Å². The van der Waals surface area contributed by atoms with Crippen LogP contribution in [0.4, 0.5) is 5.69 Å². The first kappa shape index (κ1) is 10.7. The van der Waals surface area contributed by atoms with E-state index in [2.05, 4.69) is 0 Å². The fraction of sp³-hybridized carbons (Fsp3) is 0.364. The van der Waals surface area contributed by atoms with Gasteiger partial charge in [-0.2, -0.15) is 0 Å². The third-order valence-corrected chi connectivity index (χ3v) is 2.18. The average molecular weight is 192 g/mol. The maximum absolute atomic E-state index is 11.1. The molecular formula is C11H16N2O. The van der Waals surface area contributed by atoms with Crippen LogP contribution in [0.25, 0.3) is 0 Å². The summed E-state index contributed by atoms with van der Waals surface area (Å²) in [5.41, 5.74) is 7.66. The van der Waals surface area contributed by atoms with Crippen LogP contribution >= 0.6 is 0 Å². The van der Waals surface area contributed by atoms with Crippen LogP contribution in [0.2, 0.25) is 0 Å². The van der Waals surface area contributed by atoms with Crippen LogP contribution in [0, 0.1) is 0 Å². The van der Waals surface area contributed by atoms with Gasteiger partial charge in [-0.25, -0.2) is 0 Å². The molecule has 3 nitrogen and oxygen atoms in total. The Morgan fingerprint density at radius 2 is 2.07 bits per heavy atom. The maximum atomic E-state index is 11.1. The summed E-state index contributed by atoms with van der Waals surface area (Å²) < 4.78 is 0. The normalized spacial score (nSPS) is 12.3. The number of rotatable bonds is 3. The van der Waals surface area contributed by atoms with E-state index in [-0.39, 0.29) is 5.78 Å². The standard InChI is InChI=1S/C11H16N2O/c1-8(14)11(12)9-5-4-6-10(7-9)13(2)3/h4-7,11H,12H2,1-3H3. The van der Waals surface area contributed by atoms with Gasteiger partial charge in [0, 0.05) is 19.8 Å². The molecule has 2 N–H and O–H groups in total. The predicted octanol–water partition coefficient (Wildman–Crippen LogP) is 1.34. The van der Waals surface area contributed by atoms with Crippen molar-refractivity contribution in [2.75, 3.05) is 19.0 Å². The zero-order valence-electron chi connectivity index (χ0n) is 8.82.